The van der Waals surface area contributed by atoms with Gasteiger partial charge in [0.1, 0.15) is 5.75 Å². The zero-order chi connectivity index (χ0) is 13.8. The largest absolute Gasteiger partial charge is 0.496 e. The first-order chi connectivity index (χ1) is 9.11. The van der Waals surface area contributed by atoms with Crippen LogP contribution in [-0.2, 0) is 6.54 Å². The summed E-state index contributed by atoms with van der Waals surface area (Å²) in [4.78, 5) is 4.50. The van der Waals surface area contributed by atoms with Gasteiger partial charge in [-0.2, -0.15) is 0 Å². The van der Waals surface area contributed by atoms with E-state index in [-0.39, 0.29) is 0 Å². The smallest absolute Gasteiger partial charge is 0.128 e. The molecule has 1 heterocycles. The molecule has 19 heavy (non-hydrogen) atoms. The molecule has 0 aromatic carbocycles. The summed E-state index contributed by atoms with van der Waals surface area (Å²) >= 11 is 6.13. The number of alkyl halides is 1. The van der Waals surface area contributed by atoms with E-state index in [2.05, 4.69) is 17.2 Å². The van der Waals surface area contributed by atoms with Crippen LogP contribution in [0.5, 0.6) is 5.75 Å². The lowest BCUT2D eigenvalue weighted by atomic mass is 10.1. The Morgan fingerprint density at radius 2 is 2.21 bits per heavy atom. The summed E-state index contributed by atoms with van der Waals surface area (Å²) in [6, 6.07) is 0. The van der Waals surface area contributed by atoms with E-state index in [1.807, 2.05) is 13.1 Å². The van der Waals surface area contributed by atoms with E-state index in [9.17, 15) is 0 Å². The highest BCUT2D eigenvalue weighted by Crippen LogP contribution is 2.29. The highest BCUT2D eigenvalue weighted by Gasteiger charge is 2.22. The van der Waals surface area contributed by atoms with Crippen molar-refractivity contribution in [3.8, 4) is 5.75 Å². The first-order valence-electron chi connectivity index (χ1n) is 6.95. The molecule has 1 fully saturated rings. The molecule has 0 saturated heterocycles. The van der Waals surface area contributed by atoms with E-state index in [1.54, 1.807) is 7.11 Å². The minimum absolute atomic E-state index is 0.381. The van der Waals surface area contributed by atoms with Crippen LogP contribution in [0.25, 0.3) is 0 Å². The highest BCUT2D eigenvalue weighted by atomic mass is 35.5. The minimum Gasteiger partial charge on any atom is -0.496 e. The molecule has 4 heteroatoms. The lowest BCUT2D eigenvalue weighted by Crippen LogP contribution is -2.22. The molecule has 0 aliphatic heterocycles. The molecule has 1 aliphatic carbocycles. The fourth-order valence-corrected chi connectivity index (χ4v) is 3.22. The van der Waals surface area contributed by atoms with Crippen LogP contribution >= 0.6 is 11.6 Å². The van der Waals surface area contributed by atoms with Gasteiger partial charge in [0.25, 0.3) is 0 Å². The number of halogens is 1. The lowest BCUT2D eigenvalue weighted by Gasteiger charge is -2.14. The second kappa shape index (κ2) is 6.58. The van der Waals surface area contributed by atoms with E-state index in [0.29, 0.717) is 5.38 Å². The zero-order valence-corrected chi connectivity index (χ0v) is 12.8. The molecule has 2 unspecified atom stereocenters. The molecule has 3 nitrogen and oxygen atoms in total. The second-order valence-electron chi connectivity index (χ2n) is 5.45. The van der Waals surface area contributed by atoms with Crippen molar-refractivity contribution >= 4 is 11.6 Å². The third-order valence-electron chi connectivity index (χ3n) is 3.95. The van der Waals surface area contributed by atoms with Crippen molar-refractivity contribution < 1.29 is 4.74 Å². The Labute approximate surface area is 120 Å². The van der Waals surface area contributed by atoms with Gasteiger partial charge in [-0.3, -0.25) is 4.98 Å². The van der Waals surface area contributed by atoms with Crippen LogP contribution in [0, 0.1) is 19.8 Å². The normalized spacial score (nSPS) is 22.7. The van der Waals surface area contributed by atoms with Gasteiger partial charge in [0.2, 0.25) is 0 Å². The van der Waals surface area contributed by atoms with Crippen LogP contribution in [0.4, 0.5) is 0 Å². The van der Waals surface area contributed by atoms with Gasteiger partial charge in [0.15, 0.2) is 0 Å². The molecule has 1 aromatic rings. The van der Waals surface area contributed by atoms with Crippen molar-refractivity contribution in [2.45, 2.75) is 45.0 Å². The van der Waals surface area contributed by atoms with Gasteiger partial charge in [-0.1, -0.05) is 0 Å². The van der Waals surface area contributed by atoms with Gasteiger partial charge in [-0.15, -0.1) is 11.6 Å². The number of hydrogen-bond acceptors (Lipinski definition) is 3. The van der Waals surface area contributed by atoms with Gasteiger partial charge in [0.05, 0.1) is 12.8 Å². The molecule has 1 saturated carbocycles. The first-order valence-corrected chi connectivity index (χ1v) is 7.39. The van der Waals surface area contributed by atoms with Gasteiger partial charge < -0.3 is 10.1 Å². The average Bonchev–Trinajstić information content (AvgIpc) is 2.79. The Balaban J connectivity index is 1.89. The topological polar surface area (TPSA) is 34.1 Å². The van der Waals surface area contributed by atoms with Gasteiger partial charge in [-0.05, 0) is 45.6 Å². The number of hydrogen-bond donors (Lipinski definition) is 1. The first kappa shape index (κ1) is 14.6. The highest BCUT2D eigenvalue weighted by molar-refractivity contribution is 6.20. The van der Waals surface area contributed by atoms with Crippen LogP contribution in [0.2, 0.25) is 0 Å². The molecule has 0 radical (unpaired) electrons. The fraction of sp³-hybridized carbons (Fsp3) is 0.667. The zero-order valence-electron chi connectivity index (χ0n) is 12.0. The SMILES string of the molecule is COc1c(C)cnc(CNCC2CCC(Cl)C2)c1C. The Hall–Kier alpha value is -0.800. The van der Waals surface area contributed by atoms with Gasteiger partial charge in [0, 0.05) is 29.2 Å². The maximum absolute atomic E-state index is 6.13. The van der Waals surface area contributed by atoms with E-state index >= 15 is 0 Å². The molecular weight excluding hydrogens is 260 g/mol. The van der Waals surface area contributed by atoms with Crippen LogP contribution in [0.1, 0.15) is 36.1 Å². The predicted octanol–water partition coefficient (Wildman–Crippen LogP) is 3.20. The standard InChI is InChI=1S/C15H23ClN2O/c1-10-7-18-14(11(2)15(10)19-3)9-17-8-12-4-5-13(16)6-12/h7,12-13,17H,4-6,8-9H2,1-3H3. The second-order valence-corrected chi connectivity index (χ2v) is 6.07. The van der Waals surface area contributed by atoms with Crippen molar-refractivity contribution in [1.29, 1.82) is 0 Å². The van der Waals surface area contributed by atoms with Gasteiger partial charge in [-0.25, -0.2) is 0 Å². The molecule has 2 rings (SSSR count). The summed E-state index contributed by atoms with van der Waals surface area (Å²) in [7, 11) is 1.71. The Bertz CT molecular complexity index is 436. The average molecular weight is 283 g/mol. The number of rotatable bonds is 5. The monoisotopic (exact) mass is 282 g/mol. The number of aryl methyl sites for hydroxylation is 1. The number of nitrogens with zero attached hydrogens (tertiary/aromatic N) is 1. The third kappa shape index (κ3) is 3.61. The Kier molecular flexibility index (Phi) is 5.06. The quantitative estimate of drug-likeness (QED) is 0.842. The molecule has 2 atom stereocenters. The van der Waals surface area contributed by atoms with Crippen molar-refractivity contribution in [3.05, 3.63) is 23.0 Å². The summed E-state index contributed by atoms with van der Waals surface area (Å²) < 4.78 is 5.43. The lowest BCUT2D eigenvalue weighted by molar-refractivity contribution is 0.406. The summed E-state index contributed by atoms with van der Waals surface area (Å²) in [6.45, 7) is 5.92. The van der Waals surface area contributed by atoms with Crippen molar-refractivity contribution in [1.82, 2.24) is 10.3 Å². The number of ether oxygens (including phenoxy) is 1. The Morgan fingerprint density at radius 3 is 2.84 bits per heavy atom. The molecule has 106 valence electrons. The summed E-state index contributed by atoms with van der Waals surface area (Å²) in [5, 5.41) is 3.88. The number of methoxy groups -OCH3 is 1. The number of aromatic nitrogens is 1. The molecule has 0 bridgehead atoms. The van der Waals surface area contributed by atoms with Crippen molar-refractivity contribution in [3.63, 3.8) is 0 Å². The molecule has 1 aliphatic rings. The van der Waals surface area contributed by atoms with Gasteiger partial charge >= 0.3 is 0 Å². The Morgan fingerprint density at radius 1 is 1.42 bits per heavy atom. The molecule has 1 N–H and O–H groups in total. The van der Waals surface area contributed by atoms with Crippen LogP contribution in [-0.4, -0.2) is 24.0 Å². The van der Waals surface area contributed by atoms with Crippen LogP contribution in [0.15, 0.2) is 6.20 Å². The molecule has 1 aromatic heterocycles. The van der Waals surface area contributed by atoms with Crippen LogP contribution in [0.3, 0.4) is 0 Å². The molecule has 0 spiro atoms. The fourth-order valence-electron chi connectivity index (χ4n) is 2.84. The van der Waals surface area contributed by atoms with Crippen molar-refractivity contribution in [2.75, 3.05) is 13.7 Å². The maximum Gasteiger partial charge on any atom is 0.128 e. The molecular formula is C15H23ClN2O. The van der Waals surface area contributed by atoms with Crippen molar-refractivity contribution in [2.24, 2.45) is 5.92 Å². The molecule has 0 amide bonds. The third-order valence-corrected chi connectivity index (χ3v) is 4.35. The summed E-state index contributed by atoms with van der Waals surface area (Å²) in [5.74, 6) is 1.67. The minimum atomic E-state index is 0.381. The predicted molar refractivity (Wildman–Crippen MR) is 79.0 cm³/mol. The summed E-state index contributed by atoms with van der Waals surface area (Å²) in [5.41, 5.74) is 3.30. The van der Waals surface area contributed by atoms with Crippen LogP contribution < -0.4 is 10.1 Å². The van der Waals surface area contributed by atoms with E-state index in [4.69, 9.17) is 16.3 Å². The van der Waals surface area contributed by atoms with E-state index in [1.165, 1.54) is 6.42 Å². The summed E-state index contributed by atoms with van der Waals surface area (Å²) in [6.07, 6.45) is 5.42. The van der Waals surface area contributed by atoms with E-state index < -0.39 is 0 Å². The van der Waals surface area contributed by atoms with E-state index in [0.717, 1.165) is 54.4 Å². The number of pyridine rings is 1. The maximum atomic E-state index is 6.13. The number of nitrogens with one attached hydrogen (secondary N) is 1.